The maximum absolute atomic E-state index is 4.15. The molecular formula is C6H10N2S2. The molecule has 0 saturated heterocycles. The summed E-state index contributed by atoms with van der Waals surface area (Å²) in [7, 11) is 0. The molecule has 0 spiro atoms. The van der Waals surface area contributed by atoms with Crippen molar-refractivity contribution in [3.63, 3.8) is 0 Å². The van der Waals surface area contributed by atoms with Gasteiger partial charge in [-0.1, -0.05) is 6.92 Å². The quantitative estimate of drug-likeness (QED) is 0.709. The Morgan fingerprint density at radius 1 is 1.80 bits per heavy atom. The van der Waals surface area contributed by atoms with Gasteiger partial charge in [0, 0.05) is 5.92 Å². The van der Waals surface area contributed by atoms with Crippen molar-refractivity contribution in [1.82, 2.24) is 10.2 Å². The van der Waals surface area contributed by atoms with Gasteiger partial charge in [0.05, 0.1) is 0 Å². The van der Waals surface area contributed by atoms with Crippen LogP contribution < -0.4 is 0 Å². The molecule has 1 atom stereocenters. The van der Waals surface area contributed by atoms with Crippen molar-refractivity contribution in [3.05, 3.63) is 10.5 Å². The summed E-state index contributed by atoms with van der Waals surface area (Å²) in [5.74, 6) is 1.44. The van der Waals surface area contributed by atoms with E-state index in [-0.39, 0.29) is 0 Å². The van der Waals surface area contributed by atoms with E-state index in [0.717, 1.165) is 17.2 Å². The van der Waals surface area contributed by atoms with Crippen LogP contribution in [0.5, 0.6) is 0 Å². The first-order valence-electron chi connectivity index (χ1n) is 3.21. The van der Waals surface area contributed by atoms with E-state index in [1.807, 2.05) is 0 Å². The first-order valence-corrected chi connectivity index (χ1v) is 4.72. The topological polar surface area (TPSA) is 25.8 Å². The molecule has 0 aliphatic heterocycles. The van der Waals surface area contributed by atoms with E-state index in [1.54, 1.807) is 16.8 Å². The molecule has 2 nitrogen and oxygen atoms in total. The summed E-state index contributed by atoms with van der Waals surface area (Å²) in [5, 5.41) is 8.86. The van der Waals surface area contributed by atoms with Gasteiger partial charge in [-0.05, 0) is 12.2 Å². The third-order valence-corrected chi connectivity index (χ3v) is 2.54. The maximum Gasteiger partial charge on any atom is 0.120 e. The van der Waals surface area contributed by atoms with Crippen molar-refractivity contribution in [3.8, 4) is 0 Å². The molecule has 4 heteroatoms. The molecule has 1 aromatic rings. The van der Waals surface area contributed by atoms with Crippen molar-refractivity contribution in [2.75, 3.05) is 5.75 Å². The predicted octanol–water partition coefficient (Wildman–Crippen LogP) is 1.96. The summed E-state index contributed by atoms with van der Waals surface area (Å²) in [5.41, 5.74) is 1.77. The fourth-order valence-corrected chi connectivity index (χ4v) is 1.75. The molecule has 0 aliphatic carbocycles. The first-order chi connectivity index (χ1) is 4.84. The van der Waals surface area contributed by atoms with Gasteiger partial charge in [0.1, 0.15) is 10.5 Å². The SMILES string of the molecule is CC(CCS)c1nncs1. The molecule has 0 amide bonds. The summed E-state index contributed by atoms with van der Waals surface area (Å²) in [6.07, 6.45) is 1.08. The minimum atomic E-state index is 0.519. The second-order valence-electron chi connectivity index (χ2n) is 2.19. The van der Waals surface area contributed by atoms with E-state index in [2.05, 4.69) is 29.7 Å². The van der Waals surface area contributed by atoms with Crippen LogP contribution in [0.1, 0.15) is 24.3 Å². The number of thiol groups is 1. The van der Waals surface area contributed by atoms with Crippen molar-refractivity contribution >= 4 is 24.0 Å². The van der Waals surface area contributed by atoms with Gasteiger partial charge in [-0.3, -0.25) is 0 Å². The Labute approximate surface area is 70.1 Å². The lowest BCUT2D eigenvalue weighted by molar-refractivity contribution is 0.722. The first kappa shape index (κ1) is 8.01. The van der Waals surface area contributed by atoms with Crippen molar-refractivity contribution < 1.29 is 0 Å². The van der Waals surface area contributed by atoms with Gasteiger partial charge in [0.2, 0.25) is 0 Å². The Hall–Kier alpha value is -0.0900. The zero-order valence-electron chi connectivity index (χ0n) is 5.82. The molecule has 0 aliphatic rings. The average Bonchev–Trinajstić information content (AvgIpc) is 2.38. The normalized spacial score (nSPS) is 13.4. The highest BCUT2D eigenvalue weighted by atomic mass is 32.1. The van der Waals surface area contributed by atoms with E-state index >= 15 is 0 Å². The van der Waals surface area contributed by atoms with Gasteiger partial charge in [0.15, 0.2) is 0 Å². The van der Waals surface area contributed by atoms with Crippen LogP contribution in [0.2, 0.25) is 0 Å². The molecule has 0 saturated carbocycles. The Morgan fingerprint density at radius 3 is 3.10 bits per heavy atom. The maximum atomic E-state index is 4.15. The van der Waals surface area contributed by atoms with E-state index in [1.165, 1.54) is 0 Å². The minimum absolute atomic E-state index is 0.519. The van der Waals surface area contributed by atoms with Gasteiger partial charge < -0.3 is 0 Å². The van der Waals surface area contributed by atoms with Crippen LogP contribution in [0.4, 0.5) is 0 Å². The fourth-order valence-electron chi connectivity index (χ4n) is 0.713. The van der Waals surface area contributed by atoms with Gasteiger partial charge in [-0.25, -0.2) is 0 Å². The Kier molecular flexibility index (Phi) is 3.15. The van der Waals surface area contributed by atoms with E-state index in [0.29, 0.717) is 5.92 Å². The monoisotopic (exact) mass is 174 g/mol. The number of rotatable bonds is 3. The molecule has 0 radical (unpaired) electrons. The fraction of sp³-hybridized carbons (Fsp3) is 0.667. The van der Waals surface area contributed by atoms with Gasteiger partial charge in [-0.2, -0.15) is 12.6 Å². The van der Waals surface area contributed by atoms with Crippen molar-refractivity contribution in [1.29, 1.82) is 0 Å². The Balaban J connectivity index is 2.50. The number of hydrogen-bond donors (Lipinski definition) is 1. The van der Waals surface area contributed by atoms with Crippen LogP contribution in [-0.4, -0.2) is 16.0 Å². The molecule has 10 heavy (non-hydrogen) atoms. The predicted molar refractivity (Wildman–Crippen MR) is 46.8 cm³/mol. The number of hydrogen-bond acceptors (Lipinski definition) is 4. The van der Waals surface area contributed by atoms with Crippen molar-refractivity contribution in [2.45, 2.75) is 19.3 Å². The zero-order valence-corrected chi connectivity index (χ0v) is 7.53. The molecular weight excluding hydrogens is 164 g/mol. The van der Waals surface area contributed by atoms with Gasteiger partial charge >= 0.3 is 0 Å². The van der Waals surface area contributed by atoms with Crippen LogP contribution in [0.25, 0.3) is 0 Å². The van der Waals surface area contributed by atoms with E-state index < -0.39 is 0 Å². The van der Waals surface area contributed by atoms with Crippen LogP contribution in [0.15, 0.2) is 5.51 Å². The lowest BCUT2D eigenvalue weighted by atomic mass is 10.1. The zero-order chi connectivity index (χ0) is 7.40. The summed E-state index contributed by atoms with van der Waals surface area (Å²) < 4.78 is 0. The van der Waals surface area contributed by atoms with Gasteiger partial charge in [-0.15, -0.1) is 21.5 Å². The van der Waals surface area contributed by atoms with Crippen LogP contribution in [0.3, 0.4) is 0 Å². The smallest absolute Gasteiger partial charge is 0.120 e. The number of aromatic nitrogens is 2. The highest BCUT2D eigenvalue weighted by Crippen LogP contribution is 2.19. The van der Waals surface area contributed by atoms with Crippen molar-refractivity contribution in [2.24, 2.45) is 0 Å². The van der Waals surface area contributed by atoms with Gasteiger partial charge in [0.25, 0.3) is 0 Å². The van der Waals surface area contributed by atoms with Crippen LogP contribution in [-0.2, 0) is 0 Å². The molecule has 0 N–H and O–H groups in total. The highest BCUT2D eigenvalue weighted by Gasteiger charge is 2.06. The lowest BCUT2D eigenvalue weighted by Crippen LogP contribution is -1.93. The van der Waals surface area contributed by atoms with E-state index in [4.69, 9.17) is 0 Å². The Morgan fingerprint density at radius 2 is 2.60 bits per heavy atom. The second-order valence-corrected chi connectivity index (χ2v) is 3.50. The summed E-state index contributed by atoms with van der Waals surface area (Å²) in [6, 6.07) is 0. The Bertz CT molecular complexity index is 174. The van der Waals surface area contributed by atoms with Crippen LogP contribution >= 0.6 is 24.0 Å². The largest absolute Gasteiger partial charge is 0.179 e. The third-order valence-electron chi connectivity index (χ3n) is 1.36. The minimum Gasteiger partial charge on any atom is -0.179 e. The molecule has 1 aromatic heterocycles. The van der Waals surface area contributed by atoms with E-state index in [9.17, 15) is 0 Å². The average molecular weight is 174 g/mol. The summed E-state index contributed by atoms with van der Waals surface area (Å²) in [4.78, 5) is 0. The molecule has 0 fully saturated rings. The highest BCUT2D eigenvalue weighted by molar-refractivity contribution is 7.80. The standard InChI is InChI=1S/C6H10N2S2/c1-5(2-3-9)6-8-7-4-10-6/h4-5,9H,2-3H2,1H3. The molecule has 1 unspecified atom stereocenters. The molecule has 0 aromatic carbocycles. The summed E-state index contributed by atoms with van der Waals surface area (Å²) in [6.45, 7) is 2.15. The molecule has 1 rings (SSSR count). The molecule has 56 valence electrons. The van der Waals surface area contributed by atoms with Crippen LogP contribution in [0, 0.1) is 0 Å². The third kappa shape index (κ3) is 1.95. The molecule has 0 bridgehead atoms. The molecule has 1 heterocycles. The number of nitrogens with zero attached hydrogens (tertiary/aromatic N) is 2. The lowest BCUT2D eigenvalue weighted by Gasteiger charge is -2.02. The summed E-state index contributed by atoms with van der Waals surface area (Å²) >= 11 is 5.76. The second kappa shape index (κ2) is 3.93.